The summed E-state index contributed by atoms with van der Waals surface area (Å²) in [6.07, 6.45) is 0.272. The Labute approximate surface area is 219 Å². The minimum Gasteiger partial charge on any atom is -0.507 e. The molecule has 0 spiro atoms. The number of likely N-dealkylation sites (N-methyl/N-ethyl adjacent to an activating group) is 1. The normalized spacial score (nSPS) is 31.0. The summed E-state index contributed by atoms with van der Waals surface area (Å²) in [4.78, 5) is 69.7. The van der Waals surface area contributed by atoms with Crippen LogP contribution in [0.5, 0.6) is 5.75 Å². The van der Waals surface area contributed by atoms with Crippen LogP contribution < -0.4 is 5.73 Å². The Morgan fingerprint density at radius 2 is 1.76 bits per heavy atom. The van der Waals surface area contributed by atoms with E-state index in [2.05, 4.69) is 0 Å². The minimum absolute atomic E-state index is 0.00565. The predicted octanol–water partition coefficient (Wildman–Crippen LogP) is 0.0818. The quantitative estimate of drug-likeness (QED) is 0.474. The highest BCUT2D eigenvalue weighted by Crippen LogP contribution is 2.51. The number of fused-ring (bicyclic) bond motifs is 4. The van der Waals surface area contributed by atoms with Gasteiger partial charge in [-0.1, -0.05) is 18.2 Å². The standard InChI is InChI=1S/C28H31N3O7/c1-30(2)11-12-6-5-7-15-16(12)9-13-8-14-10-17-21(31(3)4)24(34)20(27(29)37)26(36)28(17,38)25(35)19(14)23(33)18(13)22(15)32/h5-7,9,14,17,19-21,32,38H,8,10-11H2,1-4H3,(H2,29,37)/t14-,17-,19?,20?,21-,28-/m0/s1. The SMILES string of the molecule is CN(C)Cc1cccc2c(O)c3c(cc12)C[C@H]1C[C@H]2[C@H](N(C)C)C(=O)C(C(N)=O)C(=O)[C@@]2(O)C(=O)C1C3=O. The van der Waals surface area contributed by atoms with Crippen molar-refractivity contribution in [1.29, 1.82) is 0 Å². The summed E-state index contributed by atoms with van der Waals surface area (Å²) in [5, 5.41) is 24.1. The number of aliphatic hydroxyl groups is 1. The number of phenols is 1. The van der Waals surface area contributed by atoms with Gasteiger partial charge in [0.05, 0.1) is 17.5 Å². The van der Waals surface area contributed by atoms with E-state index in [0.717, 1.165) is 10.9 Å². The smallest absolute Gasteiger partial charge is 0.235 e. The van der Waals surface area contributed by atoms with Crippen LogP contribution in [0.1, 0.15) is 27.9 Å². The zero-order valence-electron chi connectivity index (χ0n) is 21.7. The van der Waals surface area contributed by atoms with Crippen molar-refractivity contribution in [2.45, 2.75) is 31.0 Å². The summed E-state index contributed by atoms with van der Waals surface area (Å²) in [5.41, 5.74) is 4.18. The van der Waals surface area contributed by atoms with Gasteiger partial charge in [-0.25, -0.2) is 0 Å². The van der Waals surface area contributed by atoms with Crippen molar-refractivity contribution in [1.82, 2.24) is 9.80 Å². The zero-order valence-corrected chi connectivity index (χ0v) is 21.7. The van der Waals surface area contributed by atoms with E-state index < -0.39 is 64.4 Å². The minimum atomic E-state index is -2.72. The lowest BCUT2D eigenvalue weighted by Crippen LogP contribution is -2.74. The fourth-order valence-electron chi connectivity index (χ4n) is 6.94. The Morgan fingerprint density at radius 1 is 1.08 bits per heavy atom. The molecule has 1 amide bonds. The van der Waals surface area contributed by atoms with Crippen molar-refractivity contribution < 1.29 is 34.2 Å². The molecular formula is C28H31N3O7. The monoisotopic (exact) mass is 521 g/mol. The van der Waals surface area contributed by atoms with E-state index in [1.807, 2.05) is 31.1 Å². The second-order valence-corrected chi connectivity index (χ2v) is 11.3. The average molecular weight is 522 g/mol. The highest BCUT2D eigenvalue weighted by molar-refractivity contribution is 6.32. The first-order chi connectivity index (χ1) is 17.8. The van der Waals surface area contributed by atoms with Gasteiger partial charge in [0.25, 0.3) is 0 Å². The van der Waals surface area contributed by atoms with Gasteiger partial charge in [0.1, 0.15) is 5.75 Å². The van der Waals surface area contributed by atoms with Crippen LogP contribution >= 0.6 is 0 Å². The molecule has 3 aliphatic carbocycles. The largest absolute Gasteiger partial charge is 0.507 e. The lowest BCUT2D eigenvalue weighted by atomic mass is 9.52. The molecule has 2 aromatic carbocycles. The molecule has 2 aromatic rings. The summed E-state index contributed by atoms with van der Waals surface area (Å²) < 4.78 is 0. The number of aromatic hydroxyl groups is 1. The van der Waals surface area contributed by atoms with Gasteiger partial charge in [0.15, 0.2) is 34.7 Å². The van der Waals surface area contributed by atoms with Crippen molar-refractivity contribution in [2.75, 3.05) is 28.2 Å². The third-order valence-electron chi connectivity index (χ3n) is 8.48. The maximum absolute atomic E-state index is 13.9. The number of carbonyl (C=O) groups excluding carboxylic acids is 5. The molecule has 0 bridgehead atoms. The van der Waals surface area contributed by atoms with Gasteiger partial charge in [-0.15, -0.1) is 0 Å². The number of amides is 1. The molecule has 3 aliphatic rings. The van der Waals surface area contributed by atoms with Crippen LogP contribution in [0.15, 0.2) is 24.3 Å². The molecule has 6 atom stereocenters. The number of hydrogen-bond acceptors (Lipinski definition) is 9. The summed E-state index contributed by atoms with van der Waals surface area (Å²) in [6, 6.07) is 6.18. The van der Waals surface area contributed by atoms with Crippen molar-refractivity contribution in [2.24, 2.45) is 29.4 Å². The molecule has 0 aromatic heterocycles. The number of ketones is 4. The Balaban J connectivity index is 1.66. The van der Waals surface area contributed by atoms with E-state index >= 15 is 0 Å². The fourth-order valence-corrected chi connectivity index (χ4v) is 6.94. The van der Waals surface area contributed by atoms with Crippen LogP contribution in [0.4, 0.5) is 0 Å². The number of nitrogens with zero attached hydrogens (tertiary/aromatic N) is 2. The van der Waals surface area contributed by atoms with Crippen LogP contribution in [-0.4, -0.2) is 88.9 Å². The Bertz CT molecular complexity index is 1430. The molecule has 0 radical (unpaired) electrons. The third kappa shape index (κ3) is 3.47. The van der Waals surface area contributed by atoms with Crippen LogP contribution in [0.2, 0.25) is 0 Å². The summed E-state index contributed by atoms with van der Waals surface area (Å²) in [7, 11) is 6.98. The molecule has 2 unspecified atom stereocenters. The first-order valence-corrected chi connectivity index (χ1v) is 12.6. The van der Waals surface area contributed by atoms with E-state index in [0.29, 0.717) is 17.5 Å². The van der Waals surface area contributed by atoms with E-state index in [4.69, 9.17) is 5.73 Å². The van der Waals surface area contributed by atoms with Crippen LogP contribution in [0.25, 0.3) is 10.8 Å². The van der Waals surface area contributed by atoms with Crippen molar-refractivity contribution in [3.63, 3.8) is 0 Å². The third-order valence-corrected chi connectivity index (χ3v) is 8.48. The van der Waals surface area contributed by atoms with Crippen LogP contribution in [0, 0.1) is 23.7 Å². The molecule has 200 valence electrons. The molecule has 0 heterocycles. The number of benzene rings is 2. The fraction of sp³-hybridized carbons (Fsp3) is 0.464. The van der Waals surface area contributed by atoms with Gasteiger partial charge in [0.2, 0.25) is 5.91 Å². The van der Waals surface area contributed by atoms with Crippen LogP contribution in [0.3, 0.4) is 0 Å². The number of nitrogens with two attached hydrogens (primary N) is 1. The molecular weight excluding hydrogens is 490 g/mol. The van der Waals surface area contributed by atoms with Gasteiger partial charge in [0, 0.05) is 17.8 Å². The van der Waals surface area contributed by atoms with Crippen molar-refractivity contribution >= 4 is 39.8 Å². The molecule has 2 saturated carbocycles. The number of hydrogen-bond donors (Lipinski definition) is 3. The molecule has 0 saturated heterocycles. The summed E-state index contributed by atoms with van der Waals surface area (Å²) >= 11 is 0. The predicted molar refractivity (Wildman–Crippen MR) is 136 cm³/mol. The molecule has 5 rings (SSSR count). The second-order valence-electron chi connectivity index (χ2n) is 11.3. The van der Waals surface area contributed by atoms with Crippen molar-refractivity contribution in [3.05, 3.63) is 41.0 Å². The topological polar surface area (TPSA) is 158 Å². The van der Waals surface area contributed by atoms with E-state index in [-0.39, 0.29) is 24.2 Å². The average Bonchev–Trinajstić information content (AvgIpc) is 2.81. The summed E-state index contributed by atoms with van der Waals surface area (Å²) in [5.74, 6) is -10.3. The molecule has 4 N–H and O–H groups in total. The Hall–Kier alpha value is -3.47. The number of primary amides is 1. The second kappa shape index (κ2) is 8.79. The number of rotatable bonds is 4. The zero-order chi connectivity index (χ0) is 27.8. The van der Waals surface area contributed by atoms with Gasteiger partial charge in [-0.3, -0.25) is 28.9 Å². The Morgan fingerprint density at radius 3 is 2.37 bits per heavy atom. The number of phenolic OH excluding ortho intramolecular Hbond substituents is 1. The molecule has 10 nitrogen and oxygen atoms in total. The lowest BCUT2D eigenvalue weighted by molar-refractivity contribution is -0.181. The van der Waals surface area contributed by atoms with E-state index in [1.165, 1.54) is 4.90 Å². The lowest BCUT2D eigenvalue weighted by Gasteiger charge is -2.52. The van der Waals surface area contributed by atoms with E-state index in [1.54, 1.807) is 26.2 Å². The maximum atomic E-state index is 13.9. The molecule has 38 heavy (non-hydrogen) atoms. The molecule has 2 fully saturated rings. The van der Waals surface area contributed by atoms with Gasteiger partial charge >= 0.3 is 0 Å². The first kappa shape index (κ1) is 26.1. The highest BCUT2D eigenvalue weighted by atomic mass is 16.3. The van der Waals surface area contributed by atoms with Crippen molar-refractivity contribution in [3.8, 4) is 5.75 Å². The van der Waals surface area contributed by atoms with Gasteiger partial charge in [-0.05, 0) is 69.5 Å². The summed E-state index contributed by atoms with van der Waals surface area (Å²) in [6.45, 7) is 0.610. The molecule has 0 aliphatic heterocycles. The number of carbonyl (C=O) groups is 5. The van der Waals surface area contributed by atoms with Gasteiger partial charge in [-0.2, -0.15) is 0 Å². The Kier molecular flexibility index (Phi) is 6.05. The molecule has 10 heteroatoms. The maximum Gasteiger partial charge on any atom is 0.235 e. The van der Waals surface area contributed by atoms with E-state index in [9.17, 15) is 34.2 Å². The van der Waals surface area contributed by atoms with Gasteiger partial charge < -0.3 is 20.8 Å². The highest BCUT2D eigenvalue weighted by Gasteiger charge is 2.69. The number of Topliss-reactive ketones (excluding diaryl/α,β-unsaturated/α-hetero) is 4. The van der Waals surface area contributed by atoms with Crippen LogP contribution in [-0.2, 0) is 32.1 Å². The first-order valence-electron chi connectivity index (χ1n) is 12.6.